The van der Waals surface area contributed by atoms with Crippen LogP contribution in [0.25, 0.3) is 0 Å². The summed E-state index contributed by atoms with van der Waals surface area (Å²) in [6, 6.07) is 0. The van der Waals surface area contributed by atoms with Crippen LogP contribution in [-0.2, 0) is 95.3 Å². The Morgan fingerprint density at radius 2 is 0.528 bits per heavy atom. The van der Waals surface area contributed by atoms with Crippen molar-refractivity contribution >= 4 is 54.8 Å². The highest BCUT2D eigenvalue weighted by atomic mass is 31.2. The van der Waals surface area contributed by atoms with E-state index in [0.29, 0.717) is 7.11 Å². The number of phosphoric ester groups is 7. The maximum Gasteiger partial charge on any atom is 0.472 e. The fourth-order valence-electron chi connectivity index (χ4n) is 2.86. The van der Waals surface area contributed by atoms with Gasteiger partial charge in [0.2, 0.25) is 0 Å². The Morgan fingerprint density at radius 1 is 0.340 bits per heavy atom. The van der Waals surface area contributed by atoms with Crippen molar-refractivity contribution in [1.82, 2.24) is 0 Å². The van der Waals surface area contributed by atoms with Crippen LogP contribution in [0.2, 0.25) is 0 Å². The normalized spacial score (nSPS) is 22.1. The molecule has 0 aromatic carbocycles. The molecule has 7 unspecified atom stereocenters. The molecule has 35 heteroatoms. The first kappa shape index (κ1) is 53.8. The van der Waals surface area contributed by atoms with Crippen molar-refractivity contribution in [1.29, 1.82) is 0 Å². The molecule has 0 aliphatic heterocycles. The summed E-state index contributed by atoms with van der Waals surface area (Å²) in [5.74, 6) is 0. The van der Waals surface area contributed by atoms with Crippen LogP contribution in [0.5, 0.6) is 0 Å². The minimum absolute atomic E-state index is 0.321. The molecule has 7 atom stereocenters. The molecular formula is C18H45O28P7. The van der Waals surface area contributed by atoms with Crippen molar-refractivity contribution in [3.63, 3.8) is 0 Å². The lowest BCUT2D eigenvalue weighted by molar-refractivity contribution is -0.00836. The van der Waals surface area contributed by atoms with Gasteiger partial charge in [0, 0.05) is 7.11 Å². The molecule has 320 valence electrons. The molecule has 0 saturated heterocycles. The Morgan fingerprint density at radius 3 is 0.717 bits per heavy atom. The first-order valence-corrected chi connectivity index (χ1v) is 25.0. The highest BCUT2D eigenvalue weighted by Gasteiger charge is 2.37. The van der Waals surface area contributed by atoms with Crippen molar-refractivity contribution < 1.29 is 130 Å². The van der Waals surface area contributed by atoms with E-state index in [0.717, 1.165) is 0 Å². The molecule has 28 nitrogen and oxygen atoms in total. The van der Waals surface area contributed by atoms with Gasteiger partial charge in [0.15, 0.2) is 0 Å². The largest absolute Gasteiger partial charge is 0.472 e. The van der Waals surface area contributed by atoms with Crippen LogP contribution in [0, 0.1) is 0 Å². The van der Waals surface area contributed by atoms with Gasteiger partial charge in [-0.2, -0.15) is 0 Å². The standard InChI is InChI=1S/C18H45O28P7/c1-6-34-48(21,22)38-10-17(11-39-49(23,24)35-7-2)45-52(29,30)42-14-16(44-47(19,20)33-5)15-43-53(31,32)46-18(12-40-50(25,26)36-8-3)13-41-51(27,28)37-9-4/h16-18H,6-15H2,1-5H3,(H,19,20)(H,21,22)(H,23,24)(H,25,26)(H,27,28)(H,29,30)(H,31,32). The Labute approximate surface area is 303 Å². The summed E-state index contributed by atoms with van der Waals surface area (Å²) in [6.07, 6.45) is -6.03. The number of hydrogen-bond donors (Lipinski definition) is 7. The molecule has 0 aliphatic rings. The van der Waals surface area contributed by atoms with Gasteiger partial charge < -0.3 is 34.3 Å². The average molecular weight is 926 g/mol. The molecule has 0 amide bonds. The summed E-state index contributed by atoms with van der Waals surface area (Å²) in [5.41, 5.74) is 0. The average Bonchev–Trinajstić information content (AvgIpc) is 3.01. The van der Waals surface area contributed by atoms with E-state index < -0.39 is 113 Å². The maximum absolute atomic E-state index is 12.8. The second-order valence-corrected chi connectivity index (χ2v) is 19.2. The van der Waals surface area contributed by atoms with Gasteiger partial charge in [-0.3, -0.25) is 63.3 Å². The van der Waals surface area contributed by atoms with Gasteiger partial charge in [0.1, 0.15) is 18.3 Å². The molecule has 0 spiro atoms. The molecule has 53 heavy (non-hydrogen) atoms. The molecule has 0 aliphatic carbocycles. The molecule has 0 heterocycles. The summed E-state index contributed by atoms with van der Waals surface area (Å²) < 4.78 is 149. The maximum atomic E-state index is 12.8. The van der Waals surface area contributed by atoms with Crippen molar-refractivity contribution in [3.8, 4) is 0 Å². The molecule has 0 aromatic heterocycles. The van der Waals surface area contributed by atoms with Crippen LogP contribution in [0.15, 0.2) is 0 Å². The minimum Gasteiger partial charge on any atom is -0.302 e. The zero-order valence-corrected chi connectivity index (χ0v) is 34.9. The van der Waals surface area contributed by atoms with Gasteiger partial charge >= 0.3 is 54.8 Å². The lowest BCUT2D eigenvalue weighted by Gasteiger charge is -2.25. The van der Waals surface area contributed by atoms with Crippen LogP contribution >= 0.6 is 54.8 Å². The highest BCUT2D eigenvalue weighted by molar-refractivity contribution is 7.49. The predicted octanol–water partition coefficient (Wildman–Crippen LogP) is 2.74. The zero-order valence-electron chi connectivity index (χ0n) is 28.6. The van der Waals surface area contributed by atoms with Crippen molar-refractivity contribution in [2.75, 3.05) is 73.2 Å². The lowest BCUT2D eigenvalue weighted by Crippen LogP contribution is -2.28. The number of phosphoric acid groups is 7. The summed E-state index contributed by atoms with van der Waals surface area (Å²) in [4.78, 5) is 68.9. The van der Waals surface area contributed by atoms with Crippen LogP contribution in [0.1, 0.15) is 27.7 Å². The van der Waals surface area contributed by atoms with E-state index in [2.05, 4.69) is 54.3 Å². The fraction of sp³-hybridized carbons (Fsp3) is 1.00. The van der Waals surface area contributed by atoms with Gasteiger partial charge in [0.25, 0.3) is 0 Å². The van der Waals surface area contributed by atoms with Crippen LogP contribution in [0.3, 0.4) is 0 Å². The molecule has 0 bridgehead atoms. The predicted molar refractivity (Wildman–Crippen MR) is 173 cm³/mol. The Balaban J connectivity index is 5.97. The van der Waals surface area contributed by atoms with E-state index in [-0.39, 0.29) is 26.4 Å². The molecular weight excluding hydrogens is 881 g/mol. The molecule has 0 radical (unpaired) electrons. The quantitative estimate of drug-likeness (QED) is 0.0465. The summed E-state index contributed by atoms with van der Waals surface area (Å²) in [5, 5.41) is 0. The third-order valence-electron chi connectivity index (χ3n) is 4.79. The third kappa shape index (κ3) is 27.2. The molecule has 0 saturated carbocycles. The van der Waals surface area contributed by atoms with Gasteiger partial charge in [-0.1, -0.05) is 0 Å². The van der Waals surface area contributed by atoms with E-state index in [1.807, 2.05) is 0 Å². The molecule has 0 rings (SSSR count). The van der Waals surface area contributed by atoms with Crippen molar-refractivity contribution in [3.05, 3.63) is 0 Å². The van der Waals surface area contributed by atoms with E-state index in [9.17, 15) is 66.2 Å². The Kier molecular flexibility index (Phi) is 25.0. The number of hydrogen-bond acceptors (Lipinski definition) is 21. The second kappa shape index (κ2) is 24.6. The SMILES string of the molecule is CCOP(=O)(O)OCC(COP(=O)(O)OCC)OP(=O)(O)OCC(COP(=O)(O)OC(COP(=O)(O)OCC)COP(=O)(O)OCC)OP(=O)(O)OC. The summed E-state index contributed by atoms with van der Waals surface area (Å²) in [7, 11) is -34.4. The zero-order chi connectivity index (χ0) is 41.2. The molecule has 0 aromatic rings. The van der Waals surface area contributed by atoms with Crippen LogP contribution in [-0.4, -0.2) is 126 Å². The van der Waals surface area contributed by atoms with Gasteiger partial charge in [-0.25, -0.2) is 32.0 Å². The van der Waals surface area contributed by atoms with Crippen molar-refractivity contribution in [2.45, 2.75) is 46.0 Å². The minimum atomic E-state index is -5.47. The van der Waals surface area contributed by atoms with Gasteiger partial charge in [-0.05, 0) is 27.7 Å². The molecule has 0 fully saturated rings. The lowest BCUT2D eigenvalue weighted by atomic mass is 10.4. The summed E-state index contributed by atoms with van der Waals surface area (Å²) in [6.45, 7) is -3.11. The van der Waals surface area contributed by atoms with Gasteiger partial charge in [-0.15, -0.1) is 0 Å². The topological polar surface area (TPSA) is 390 Å². The van der Waals surface area contributed by atoms with E-state index >= 15 is 0 Å². The second-order valence-electron chi connectivity index (χ2n) is 9.09. The first-order valence-electron chi connectivity index (χ1n) is 14.5. The van der Waals surface area contributed by atoms with Crippen LogP contribution in [0.4, 0.5) is 0 Å². The monoisotopic (exact) mass is 926 g/mol. The number of rotatable bonds is 33. The van der Waals surface area contributed by atoms with Gasteiger partial charge in [0.05, 0.1) is 66.1 Å². The highest BCUT2D eigenvalue weighted by Crippen LogP contribution is 2.52. The van der Waals surface area contributed by atoms with Crippen molar-refractivity contribution in [2.24, 2.45) is 0 Å². The fourth-order valence-corrected chi connectivity index (χ4v) is 8.30. The van der Waals surface area contributed by atoms with Crippen LogP contribution < -0.4 is 0 Å². The molecule has 7 N–H and O–H groups in total. The first-order chi connectivity index (χ1) is 24.2. The smallest absolute Gasteiger partial charge is 0.302 e. The summed E-state index contributed by atoms with van der Waals surface area (Å²) >= 11 is 0. The third-order valence-corrected chi connectivity index (χ3v) is 12.1. The van der Waals surface area contributed by atoms with E-state index in [1.165, 1.54) is 27.7 Å². The Hall–Kier alpha value is 0.770. The Bertz CT molecular complexity index is 1260. The van der Waals surface area contributed by atoms with E-state index in [4.69, 9.17) is 9.05 Å². The van der Waals surface area contributed by atoms with E-state index in [1.54, 1.807) is 0 Å².